The van der Waals surface area contributed by atoms with Crippen LogP contribution in [0, 0.1) is 6.92 Å². The average molecular weight is 268 g/mol. The molecule has 0 spiro atoms. The molecular weight excluding hydrogens is 252 g/mol. The predicted octanol–water partition coefficient (Wildman–Crippen LogP) is 1.62. The van der Waals surface area contributed by atoms with E-state index in [0.29, 0.717) is 11.1 Å². The van der Waals surface area contributed by atoms with E-state index in [-0.39, 0.29) is 17.6 Å². The minimum absolute atomic E-state index is 0.0262. The summed E-state index contributed by atoms with van der Waals surface area (Å²) in [5, 5.41) is 38.9. The van der Waals surface area contributed by atoms with Crippen molar-refractivity contribution in [1.82, 2.24) is 0 Å². The molecule has 1 aliphatic heterocycles. The van der Waals surface area contributed by atoms with Gasteiger partial charge in [-0.05, 0) is 25.0 Å². The van der Waals surface area contributed by atoms with Gasteiger partial charge in [-0.15, -0.1) is 0 Å². The Morgan fingerprint density at radius 3 is 2.26 bits per heavy atom. The van der Waals surface area contributed by atoms with Crippen LogP contribution in [0.5, 0.6) is 11.5 Å². The number of ether oxygens (including phenoxy) is 1. The van der Waals surface area contributed by atoms with Gasteiger partial charge in [0, 0.05) is 5.92 Å². The Hall–Kier alpha value is -1.79. The summed E-state index contributed by atoms with van der Waals surface area (Å²) < 4.78 is 5.26. The zero-order valence-corrected chi connectivity index (χ0v) is 10.8. The number of carboxylic acid groups (broad SMARTS) is 1. The number of carboxylic acids is 1. The first-order valence-corrected chi connectivity index (χ1v) is 5.92. The van der Waals surface area contributed by atoms with Crippen LogP contribution >= 0.6 is 0 Å². The Labute approximate surface area is 109 Å². The maximum absolute atomic E-state index is 11.1. The molecule has 0 saturated heterocycles. The average Bonchev–Trinajstić information content (AvgIpc) is 2.30. The summed E-state index contributed by atoms with van der Waals surface area (Å²) in [6, 6.07) is 0. The van der Waals surface area contributed by atoms with Crippen LogP contribution in [0.3, 0.4) is 0 Å². The highest BCUT2D eigenvalue weighted by Crippen LogP contribution is 2.47. The molecule has 2 rings (SSSR count). The standard InChI is InChI=1S/C13H16O6/c1-4-6(3)19-13(18)8-7(4)5(2)10(14)9(11(8)15)12(16)17/h4,6,13-15,18H,1-3H3,(H,16,17)/t4-,6-,13?/m1/s1. The Balaban J connectivity index is 2.83. The van der Waals surface area contributed by atoms with E-state index in [1.807, 2.05) is 6.92 Å². The molecule has 4 N–H and O–H groups in total. The summed E-state index contributed by atoms with van der Waals surface area (Å²) in [6.07, 6.45) is -1.71. The van der Waals surface area contributed by atoms with Gasteiger partial charge < -0.3 is 25.2 Å². The summed E-state index contributed by atoms with van der Waals surface area (Å²) in [6.45, 7) is 5.14. The lowest BCUT2D eigenvalue weighted by molar-refractivity contribution is -0.151. The van der Waals surface area contributed by atoms with Crippen LogP contribution in [0.25, 0.3) is 0 Å². The van der Waals surface area contributed by atoms with E-state index in [9.17, 15) is 20.1 Å². The maximum Gasteiger partial charge on any atom is 0.343 e. The largest absolute Gasteiger partial charge is 0.507 e. The molecule has 1 aromatic carbocycles. The fourth-order valence-electron chi connectivity index (χ4n) is 2.55. The van der Waals surface area contributed by atoms with E-state index in [0.717, 1.165) is 0 Å². The van der Waals surface area contributed by atoms with Gasteiger partial charge in [0.25, 0.3) is 0 Å². The number of fused-ring (bicyclic) bond motifs is 1. The molecule has 0 aromatic heterocycles. The van der Waals surface area contributed by atoms with Crippen molar-refractivity contribution in [1.29, 1.82) is 0 Å². The molecule has 0 saturated carbocycles. The molecule has 0 fully saturated rings. The monoisotopic (exact) mass is 268 g/mol. The second kappa shape index (κ2) is 4.40. The van der Waals surface area contributed by atoms with Crippen LogP contribution in [0.4, 0.5) is 0 Å². The number of hydrogen-bond donors (Lipinski definition) is 4. The third-order valence-electron chi connectivity index (χ3n) is 3.74. The van der Waals surface area contributed by atoms with Crippen LogP contribution in [0.15, 0.2) is 0 Å². The summed E-state index contributed by atoms with van der Waals surface area (Å²) in [5.74, 6) is -2.76. The molecule has 19 heavy (non-hydrogen) atoms. The van der Waals surface area contributed by atoms with Crippen molar-refractivity contribution in [3.8, 4) is 11.5 Å². The quantitative estimate of drug-likeness (QED) is 0.616. The van der Waals surface area contributed by atoms with Crippen molar-refractivity contribution in [2.24, 2.45) is 0 Å². The van der Waals surface area contributed by atoms with E-state index < -0.39 is 29.3 Å². The third kappa shape index (κ3) is 1.84. The number of rotatable bonds is 1. The van der Waals surface area contributed by atoms with E-state index in [1.54, 1.807) is 13.8 Å². The minimum atomic E-state index is -1.46. The summed E-state index contributed by atoms with van der Waals surface area (Å²) in [7, 11) is 0. The lowest BCUT2D eigenvalue weighted by atomic mass is 9.83. The number of aliphatic hydroxyl groups is 1. The summed E-state index contributed by atoms with van der Waals surface area (Å²) >= 11 is 0. The molecule has 1 heterocycles. The van der Waals surface area contributed by atoms with E-state index >= 15 is 0 Å². The molecule has 104 valence electrons. The molecule has 0 radical (unpaired) electrons. The van der Waals surface area contributed by atoms with Crippen LogP contribution < -0.4 is 0 Å². The zero-order valence-electron chi connectivity index (χ0n) is 10.8. The molecule has 6 nitrogen and oxygen atoms in total. The van der Waals surface area contributed by atoms with Gasteiger partial charge in [-0.1, -0.05) is 6.92 Å². The van der Waals surface area contributed by atoms with Gasteiger partial charge in [0.1, 0.15) is 17.1 Å². The lowest BCUT2D eigenvalue weighted by Crippen LogP contribution is -2.28. The maximum atomic E-state index is 11.1. The fraction of sp³-hybridized carbons (Fsp3) is 0.462. The normalized spacial score (nSPS) is 26.0. The van der Waals surface area contributed by atoms with Crippen molar-refractivity contribution < 1.29 is 30.0 Å². The van der Waals surface area contributed by atoms with Crippen LogP contribution in [-0.2, 0) is 4.74 Å². The number of benzene rings is 1. The number of phenols is 2. The van der Waals surface area contributed by atoms with Gasteiger partial charge >= 0.3 is 5.97 Å². The van der Waals surface area contributed by atoms with Crippen LogP contribution in [0.1, 0.15) is 53.1 Å². The van der Waals surface area contributed by atoms with Crippen molar-refractivity contribution in [3.63, 3.8) is 0 Å². The molecule has 1 aliphatic rings. The molecule has 0 bridgehead atoms. The van der Waals surface area contributed by atoms with Crippen molar-refractivity contribution in [3.05, 3.63) is 22.3 Å². The molecule has 0 amide bonds. The topological polar surface area (TPSA) is 107 Å². The second-order valence-corrected chi connectivity index (χ2v) is 4.81. The van der Waals surface area contributed by atoms with Gasteiger partial charge in [0.2, 0.25) is 0 Å². The first-order chi connectivity index (χ1) is 8.77. The zero-order chi connectivity index (χ0) is 14.5. The highest BCUT2D eigenvalue weighted by molar-refractivity contribution is 5.95. The van der Waals surface area contributed by atoms with Gasteiger partial charge in [-0.3, -0.25) is 0 Å². The molecule has 3 atom stereocenters. The van der Waals surface area contributed by atoms with E-state index in [4.69, 9.17) is 9.84 Å². The first-order valence-electron chi connectivity index (χ1n) is 5.92. The second-order valence-electron chi connectivity index (χ2n) is 4.81. The van der Waals surface area contributed by atoms with Gasteiger partial charge in [-0.25, -0.2) is 4.79 Å². The molecule has 6 heteroatoms. The number of carbonyl (C=O) groups is 1. The van der Waals surface area contributed by atoms with Gasteiger partial charge in [0.05, 0.1) is 11.7 Å². The minimum Gasteiger partial charge on any atom is -0.507 e. The van der Waals surface area contributed by atoms with E-state index in [2.05, 4.69) is 0 Å². The molecular formula is C13H16O6. The number of hydrogen-bond acceptors (Lipinski definition) is 5. The first kappa shape index (κ1) is 13.6. The summed E-state index contributed by atoms with van der Waals surface area (Å²) in [5.41, 5.74) is 0.289. The van der Waals surface area contributed by atoms with Crippen LogP contribution in [-0.4, -0.2) is 32.5 Å². The molecule has 0 aliphatic carbocycles. The van der Waals surface area contributed by atoms with E-state index in [1.165, 1.54) is 0 Å². The van der Waals surface area contributed by atoms with Crippen molar-refractivity contribution in [2.75, 3.05) is 0 Å². The Kier molecular flexibility index (Phi) is 3.15. The van der Waals surface area contributed by atoms with Crippen molar-refractivity contribution >= 4 is 5.97 Å². The highest BCUT2D eigenvalue weighted by Gasteiger charge is 2.37. The molecule has 1 aromatic rings. The number of aromatic hydroxyl groups is 2. The summed E-state index contributed by atoms with van der Waals surface area (Å²) in [4.78, 5) is 11.1. The Morgan fingerprint density at radius 2 is 1.74 bits per heavy atom. The van der Waals surface area contributed by atoms with Gasteiger partial charge in [-0.2, -0.15) is 0 Å². The third-order valence-corrected chi connectivity index (χ3v) is 3.74. The Morgan fingerprint density at radius 1 is 1.16 bits per heavy atom. The molecule has 1 unspecified atom stereocenters. The van der Waals surface area contributed by atoms with Crippen molar-refractivity contribution in [2.45, 2.75) is 39.1 Å². The smallest absolute Gasteiger partial charge is 0.343 e. The lowest BCUT2D eigenvalue weighted by Gasteiger charge is -2.34. The van der Waals surface area contributed by atoms with Crippen LogP contribution in [0.2, 0.25) is 0 Å². The SMILES string of the molecule is Cc1c(O)c(C(=O)O)c(O)c2c1[C@H](C)[C@@H](C)OC2O. The number of aliphatic hydroxyl groups excluding tert-OH is 1. The van der Waals surface area contributed by atoms with Gasteiger partial charge in [0.15, 0.2) is 6.29 Å². The highest BCUT2D eigenvalue weighted by atomic mass is 16.6. The predicted molar refractivity (Wildman–Crippen MR) is 65.4 cm³/mol. The Bertz CT molecular complexity index is 551. The fourth-order valence-corrected chi connectivity index (χ4v) is 2.55. The number of aromatic carboxylic acids is 1.